The van der Waals surface area contributed by atoms with Gasteiger partial charge in [-0.1, -0.05) is 23.7 Å². The van der Waals surface area contributed by atoms with Crippen molar-refractivity contribution < 1.29 is 22.0 Å². The molecule has 0 atom stereocenters. The molecule has 2 aromatic rings. The zero-order chi connectivity index (χ0) is 14.2. The van der Waals surface area contributed by atoms with Gasteiger partial charge in [0.25, 0.3) is 0 Å². The maximum absolute atomic E-state index is 13.7. The Morgan fingerprint density at radius 2 is 1.42 bits per heavy atom. The van der Waals surface area contributed by atoms with Crippen molar-refractivity contribution in [2.45, 2.75) is 6.18 Å². The summed E-state index contributed by atoms with van der Waals surface area (Å²) in [4.78, 5) is 0. The van der Waals surface area contributed by atoms with Crippen LogP contribution in [-0.2, 0) is 6.18 Å². The summed E-state index contributed by atoms with van der Waals surface area (Å²) < 4.78 is 63.8. The smallest absolute Gasteiger partial charge is 0.205 e. The van der Waals surface area contributed by atoms with E-state index in [9.17, 15) is 22.0 Å². The van der Waals surface area contributed by atoms with E-state index in [1.165, 1.54) is 0 Å². The molecule has 19 heavy (non-hydrogen) atoms. The first kappa shape index (κ1) is 13.8. The van der Waals surface area contributed by atoms with E-state index in [2.05, 4.69) is 0 Å². The maximum Gasteiger partial charge on any atom is 0.416 e. The lowest BCUT2D eigenvalue weighted by Gasteiger charge is -2.09. The first-order chi connectivity index (χ1) is 8.80. The Kier molecular flexibility index (Phi) is 3.49. The summed E-state index contributed by atoms with van der Waals surface area (Å²) in [5.41, 5.74) is -0.711. The van der Waals surface area contributed by atoms with Crippen LogP contribution in [0.2, 0.25) is 5.02 Å². The largest absolute Gasteiger partial charge is 0.416 e. The van der Waals surface area contributed by atoms with Crippen LogP contribution in [0.5, 0.6) is 0 Å². The molecule has 0 heterocycles. The molecular formula is C13H6ClF5. The van der Waals surface area contributed by atoms with Gasteiger partial charge < -0.3 is 0 Å². The van der Waals surface area contributed by atoms with Crippen LogP contribution in [0.25, 0.3) is 11.1 Å². The van der Waals surface area contributed by atoms with Gasteiger partial charge in [-0.2, -0.15) is 13.2 Å². The Bertz CT molecular complexity index is 602. The minimum absolute atomic E-state index is 0.0554. The normalized spacial score (nSPS) is 11.7. The number of rotatable bonds is 1. The van der Waals surface area contributed by atoms with Gasteiger partial charge in [0.1, 0.15) is 10.8 Å². The second-order valence-corrected chi connectivity index (χ2v) is 4.18. The van der Waals surface area contributed by atoms with Gasteiger partial charge in [-0.05, 0) is 29.8 Å². The van der Waals surface area contributed by atoms with Gasteiger partial charge in [0.15, 0.2) is 5.82 Å². The van der Waals surface area contributed by atoms with Crippen LogP contribution in [-0.4, -0.2) is 0 Å². The molecule has 0 N–H and O–H groups in total. The summed E-state index contributed by atoms with van der Waals surface area (Å²) in [6, 6.07) is 5.95. The molecule has 100 valence electrons. The van der Waals surface area contributed by atoms with E-state index in [1.54, 1.807) is 0 Å². The molecule has 0 aliphatic carbocycles. The van der Waals surface area contributed by atoms with Crippen molar-refractivity contribution in [3.8, 4) is 11.1 Å². The van der Waals surface area contributed by atoms with Crippen LogP contribution >= 0.6 is 11.6 Å². The molecule has 0 amide bonds. The molecule has 6 heteroatoms. The minimum Gasteiger partial charge on any atom is -0.205 e. The zero-order valence-corrected chi connectivity index (χ0v) is 9.99. The third-order valence-corrected chi connectivity index (χ3v) is 2.90. The number of hydrogen-bond donors (Lipinski definition) is 0. The summed E-state index contributed by atoms with van der Waals surface area (Å²) in [5, 5.41) is -0.683. The van der Waals surface area contributed by atoms with Gasteiger partial charge in [-0.25, -0.2) is 8.78 Å². The molecule has 0 fully saturated rings. The highest BCUT2D eigenvalue weighted by molar-refractivity contribution is 6.31. The Morgan fingerprint density at radius 1 is 0.842 bits per heavy atom. The van der Waals surface area contributed by atoms with Crippen LogP contribution in [0, 0.1) is 11.6 Å². The highest BCUT2D eigenvalue weighted by Crippen LogP contribution is 2.33. The number of benzene rings is 2. The van der Waals surface area contributed by atoms with Crippen molar-refractivity contribution in [3.05, 3.63) is 58.6 Å². The highest BCUT2D eigenvalue weighted by atomic mass is 35.5. The second kappa shape index (κ2) is 4.81. The second-order valence-electron chi connectivity index (χ2n) is 3.80. The Labute approximate surface area is 110 Å². The molecule has 2 aromatic carbocycles. The molecule has 0 bridgehead atoms. The summed E-state index contributed by atoms with van der Waals surface area (Å²) in [7, 11) is 0. The monoisotopic (exact) mass is 292 g/mol. The highest BCUT2D eigenvalue weighted by Gasteiger charge is 2.30. The SMILES string of the molecule is Fc1ccc(-c2ccc(C(F)(F)F)cc2)c(F)c1Cl. The van der Waals surface area contributed by atoms with Crippen LogP contribution in [0.4, 0.5) is 22.0 Å². The van der Waals surface area contributed by atoms with Crippen LogP contribution < -0.4 is 0 Å². The fourth-order valence-electron chi connectivity index (χ4n) is 1.59. The molecule has 0 unspecified atom stereocenters. The quantitative estimate of drug-likeness (QED) is 0.494. The van der Waals surface area contributed by atoms with Crippen molar-refractivity contribution >= 4 is 11.6 Å². The van der Waals surface area contributed by atoms with Crippen molar-refractivity contribution in [1.82, 2.24) is 0 Å². The van der Waals surface area contributed by atoms with E-state index < -0.39 is 28.4 Å². The van der Waals surface area contributed by atoms with Gasteiger partial charge in [0.2, 0.25) is 0 Å². The summed E-state index contributed by atoms with van der Waals surface area (Å²) in [6.45, 7) is 0. The lowest BCUT2D eigenvalue weighted by atomic mass is 10.0. The molecule has 0 spiro atoms. The van der Waals surface area contributed by atoms with Crippen molar-refractivity contribution in [1.29, 1.82) is 0 Å². The Balaban J connectivity index is 2.46. The van der Waals surface area contributed by atoms with E-state index in [-0.39, 0.29) is 11.1 Å². The number of hydrogen-bond acceptors (Lipinski definition) is 0. The van der Waals surface area contributed by atoms with Crippen molar-refractivity contribution in [3.63, 3.8) is 0 Å². The molecule has 0 saturated carbocycles. The Morgan fingerprint density at radius 3 is 1.95 bits per heavy atom. The molecule has 0 aliphatic heterocycles. The van der Waals surface area contributed by atoms with Crippen molar-refractivity contribution in [2.24, 2.45) is 0 Å². The number of halogens is 6. The first-order valence-corrected chi connectivity index (χ1v) is 5.49. The molecule has 0 saturated heterocycles. The van der Waals surface area contributed by atoms with E-state index >= 15 is 0 Å². The summed E-state index contributed by atoms with van der Waals surface area (Å²) in [6.07, 6.45) is -4.46. The van der Waals surface area contributed by atoms with E-state index in [0.29, 0.717) is 0 Å². The van der Waals surface area contributed by atoms with E-state index in [0.717, 1.165) is 36.4 Å². The van der Waals surface area contributed by atoms with Crippen LogP contribution in [0.1, 0.15) is 5.56 Å². The number of alkyl halides is 3. The molecule has 0 radical (unpaired) electrons. The maximum atomic E-state index is 13.7. The molecule has 0 nitrogen and oxygen atoms in total. The van der Waals surface area contributed by atoms with Crippen LogP contribution in [0.3, 0.4) is 0 Å². The lowest BCUT2D eigenvalue weighted by Crippen LogP contribution is -2.04. The van der Waals surface area contributed by atoms with E-state index in [1.807, 2.05) is 0 Å². The predicted octanol–water partition coefficient (Wildman–Crippen LogP) is 5.30. The van der Waals surface area contributed by atoms with Gasteiger partial charge in [0.05, 0.1) is 5.56 Å². The third kappa shape index (κ3) is 2.71. The standard InChI is InChI=1S/C13H6ClF5/c14-11-10(15)6-5-9(12(11)16)7-1-3-8(4-2-7)13(17,18)19/h1-6H. The average molecular weight is 293 g/mol. The van der Waals surface area contributed by atoms with Crippen LogP contribution in [0.15, 0.2) is 36.4 Å². The predicted molar refractivity (Wildman–Crippen MR) is 61.8 cm³/mol. The van der Waals surface area contributed by atoms with Crippen molar-refractivity contribution in [2.75, 3.05) is 0 Å². The zero-order valence-electron chi connectivity index (χ0n) is 9.23. The molecule has 0 aliphatic rings. The fraction of sp³-hybridized carbons (Fsp3) is 0.0769. The topological polar surface area (TPSA) is 0 Å². The molecule has 2 rings (SSSR count). The van der Waals surface area contributed by atoms with E-state index in [4.69, 9.17) is 11.6 Å². The molecule has 0 aromatic heterocycles. The van der Waals surface area contributed by atoms with Gasteiger partial charge in [-0.15, -0.1) is 0 Å². The summed E-state index contributed by atoms with van der Waals surface area (Å²) in [5.74, 6) is -1.92. The first-order valence-electron chi connectivity index (χ1n) is 5.12. The van der Waals surface area contributed by atoms with Gasteiger partial charge in [-0.3, -0.25) is 0 Å². The third-order valence-electron chi connectivity index (χ3n) is 2.56. The Hall–Kier alpha value is -1.62. The summed E-state index contributed by atoms with van der Waals surface area (Å²) >= 11 is 5.41. The van der Waals surface area contributed by atoms with Gasteiger partial charge >= 0.3 is 6.18 Å². The average Bonchev–Trinajstić information content (AvgIpc) is 2.35. The lowest BCUT2D eigenvalue weighted by molar-refractivity contribution is -0.137. The van der Waals surface area contributed by atoms with Gasteiger partial charge in [0, 0.05) is 5.56 Å². The molecular weight excluding hydrogens is 287 g/mol. The minimum atomic E-state index is -4.46. The fourth-order valence-corrected chi connectivity index (χ4v) is 1.75.